The second-order valence-corrected chi connectivity index (χ2v) is 5.06. The summed E-state index contributed by atoms with van der Waals surface area (Å²) in [7, 11) is 1.86. The molecule has 2 rings (SSSR count). The fourth-order valence-corrected chi connectivity index (χ4v) is 1.95. The Morgan fingerprint density at radius 3 is 2.67 bits per heavy atom. The van der Waals surface area contributed by atoms with Gasteiger partial charge in [-0.2, -0.15) is 5.10 Å². The van der Waals surface area contributed by atoms with Crippen LogP contribution in [-0.4, -0.2) is 41.0 Å². The van der Waals surface area contributed by atoms with E-state index in [-0.39, 0.29) is 18.1 Å². The number of rotatable bonds is 4. The maximum atomic E-state index is 11.8. The van der Waals surface area contributed by atoms with Gasteiger partial charge in [0, 0.05) is 20.1 Å². The minimum absolute atomic E-state index is 0.0754. The predicted octanol–water partition coefficient (Wildman–Crippen LogP) is 0.354. The number of hydrogen-bond acceptors (Lipinski definition) is 4. The van der Waals surface area contributed by atoms with Gasteiger partial charge in [0.05, 0.1) is 22.7 Å². The molecule has 6 heteroatoms. The molecule has 1 fully saturated rings. The van der Waals surface area contributed by atoms with E-state index in [1.54, 1.807) is 4.68 Å². The number of amides is 1. The van der Waals surface area contributed by atoms with E-state index in [0.717, 1.165) is 30.2 Å². The monoisotopic (exact) mass is 252 g/mol. The van der Waals surface area contributed by atoms with Crippen molar-refractivity contribution < 1.29 is 9.53 Å². The number of ether oxygens (including phenoxy) is 1. The number of carbonyl (C=O) groups is 1. The fourth-order valence-electron chi connectivity index (χ4n) is 1.95. The summed E-state index contributed by atoms with van der Waals surface area (Å²) in [6.45, 7) is 7.47. The van der Waals surface area contributed by atoms with Crippen molar-refractivity contribution in [3.05, 3.63) is 11.4 Å². The van der Waals surface area contributed by atoms with Crippen LogP contribution in [0.3, 0.4) is 0 Å². The van der Waals surface area contributed by atoms with Crippen molar-refractivity contribution in [1.29, 1.82) is 0 Å². The normalized spacial score (nSPS) is 17.3. The van der Waals surface area contributed by atoms with Gasteiger partial charge in [0.15, 0.2) is 0 Å². The summed E-state index contributed by atoms with van der Waals surface area (Å²) in [5.41, 5.74) is 2.34. The van der Waals surface area contributed by atoms with E-state index in [4.69, 9.17) is 4.74 Å². The van der Waals surface area contributed by atoms with Gasteiger partial charge in [-0.25, -0.2) is 0 Å². The molecule has 2 N–H and O–H groups in total. The summed E-state index contributed by atoms with van der Waals surface area (Å²) in [5.74, 6) is -0.137. The van der Waals surface area contributed by atoms with Gasteiger partial charge in [0.2, 0.25) is 5.91 Å². The molecule has 1 saturated heterocycles. The molecule has 1 amide bonds. The number of aryl methyl sites for hydroxylation is 2. The van der Waals surface area contributed by atoms with Crippen molar-refractivity contribution in [3.8, 4) is 0 Å². The number of hydrogen-bond donors (Lipinski definition) is 2. The largest absolute Gasteiger partial charge is 0.363 e. The first kappa shape index (κ1) is 13.0. The third-order valence-corrected chi connectivity index (χ3v) is 3.32. The quantitative estimate of drug-likeness (QED) is 0.811. The molecule has 1 aromatic rings. The minimum atomic E-state index is -0.198. The average molecular weight is 252 g/mol. The smallest absolute Gasteiger partial charge is 0.250 e. The second-order valence-electron chi connectivity index (χ2n) is 5.06. The summed E-state index contributed by atoms with van der Waals surface area (Å²) in [6, 6.07) is 0. The number of anilines is 1. The summed E-state index contributed by atoms with van der Waals surface area (Å²) in [6.07, 6.45) is 0. The van der Waals surface area contributed by atoms with Gasteiger partial charge in [0.1, 0.15) is 6.61 Å². The highest BCUT2D eigenvalue weighted by molar-refractivity contribution is 5.92. The summed E-state index contributed by atoms with van der Waals surface area (Å²) in [5, 5.41) is 10.2. The van der Waals surface area contributed by atoms with E-state index in [0.29, 0.717) is 0 Å². The van der Waals surface area contributed by atoms with Crippen LogP contribution in [0.2, 0.25) is 0 Å². The van der Waals surface area contributed by atoms with E-state index < -0.39 is 0 Å². The second kappa shape index (κ2) is 4.70. The number of nitrogens with zero attached hydrogens (tertiary/aromatic N) is 2. The van der Waals surface area contributed by atoms with Crippen LogP contribution >= 0.6 is 0 Å². The SMILES string of the molecule is Cc1nn(C)c(C)c1NC(=O)COC1(C)CNC1. The van der Waals surface area contributed by atoms with Crippen LogP contribution in [0.15, 0.2) is 0 Å². The minimum Gasteiger partial charge on any atom is -0.363 e. The van der Waals surface area contributed by atoms with E-state index in [9.17, 15) is 4.79 Å². The molecule has 0 saturated carbocycles. The average Bonchev–Trinajstić information content (AvgIpc) is 2.51. The molecule has 6 nitrogen and oxygen atoms in total. The molecule has 2 heterocycles. The van der Waals surface area contributed by atoms with E-state index in [2.05, 4.69) is 15.7 Å². The van der Waals surface area contributed by atoms with Gasteiger partial charge in [-0.05, 0) is 20.8 Å². The lowest BCUT2D eigenvalue weighted by atomic mass is 10.0. The third-order valence-electron chi connectivity index (χ3n) is 3.32. The van der Waals surface area contributed by atoms with Crippen LogP contribution in [-0.2, 0) is 16.6 Å². The van der Waals surface area contributed by atoms with E-state index in [1.165, 1.54) is 0 Å². The van der Waals surface area contributed by atoms with Crippen LogP contribution in [0, 0.1) is 13.8 Å². The van der Waals surface area contributed by atoms with E-state index in [1.807, 2.05) is 27.8 Å². The third kappa shape index (κ3) is 2.54. The Bertz CT molecular complexity index is 463. The lowest BCUT2D eigenvalue weighted by Crippen LogP contribution is -2.59. The fraction of sp³-hybridized carbons (Fsp3) is 0.667. The Balaban J connectivity index is 1.90. The molecule has 0 unspecified atom stereocenters. The van der Waals surface area contributed by atoms with Gasteiger partial charge >= 0.3 is 0 Å². The highest BCUT2D eigenvalue weighted by atomic mass is 16.5. The number of carbonyl (C=O) groups excluding carboxylic acids is 1. The van der Waals surface area contributed by atoms with Crippen LogP contribution in [0.5, 0.6) is 0 Å². The molecule has 0 bridgehead atoms. The Morgan fingerprint density at radius 2 is 2.22 bits per heavy atom. The maximum absolute atomic E-state index is 11.8. The Kier molecular flexibility index (Phi) is 3.41. The first-order valence-electron chi connectivity index (χ1n) is 6.06. The number of nitrogens with one attached hydrogen (secondary N) is 2. The Morgan fingerprint density at radius 1 is 1.56 bits per heavy atom. The summed E-state index contributed by atoms with van der Waals surface area (Å²) >= 11 is 0. The lowest BCUT2D eigenvalue weighted by molar-refractivity contribution is -0.130. The predicted molar refractivity (Wildman–Crippen MR) is 68.5 cm³/mol. The van der Waals surface area contributed by atoms with Crippen molar-refractivity contribution in [3.63, 3.8) is 0 Å². The van der Waals surface area contributed by atoms with Crippen molar-refractivity contribution in [2.45, 2.75) is 26.4 Å². The zero-order chi connectivity index (χ0) is 13.3. The van der Waals surface area contributed by atoms with Gasteiger partial charge in [-0.1, -0.05) is 0 Å². The molecule has 1 aliphatic heterocycles. The molecular weight excluding hydrogens is 232 g/mol. The van der Waals surface area contributed by atoms with Crippen molar-refractivity contribution >= 4 is 11.6 Å². The standard InChI is InChI=1S/C12H20N4O2/c1-8-11(9(2)16(4)15-8)14-10(17)5-18-12(3)6-13-7-12/h13H,5-7H2,1-4H3,(H,14,17). The molecule has 18 heavy (non-hydrogen) atoms. The lowest BCUT2D eigenvalue weighted by Gasteiger charge is -2.38. The molecule has 0 radical (unpaired) electrons. The van der Waals surface area contributed by atoms with Crippen molar-refractivity contribution in [1.82, 2.24) is 15.1 Å². The highest BCUT2D eigenvalue weighted by Crippen LogP contribution is 2.19. The van der Waals surface area contributed by atoms with Gasteiger partial charge in [-0.3, -0.25) is 9.48 Å². The van der Waals surface area contributed by atoms with Crippen LogP contribution in [0.1, 0.15) is 18.3 Å². The highest BCUT2D eigenvalue weighted by Gasteiger charge is 2.33. The van der Waals surface area contributed by atoms with Gasteiger partial charge < -0.3 is 15.4 Å². The molecule has 0 aromatic carbocycles. The Hall–Kier alpha value is -1.40. The summed E-state index contributed by atoms with van der Waals surface area (Å²) < 4.78 is 7.34. The molecule has 0 spiro atoms. The zero-order valence-corrected chi connectivity index (χ0v) is 11.3. The zero-order valence-electron chi connectivity index (χ0n) is 11.3. The van der Waals surface area contributed by atoms with Gasteiger partial charge in [-0.15, -0.1) is 0 Å². The molecule has 100 valence electrons. The van der Waals surface area contributed by atoms with Crippen LogP contribution in [0.4, 0.5) is 5.69 Å². The first-order valence-corrected chi connectivity index (χ1v) is 6.06. The van der Waals surface area contributed by atoms with Crippen molar-refractivity contribution in [2.75, 3.05) is 25.0 Å². The Labute approximate surface area is 107 Å². The topological polar surface area (TPSA) is 68.2 Å². The van der Waals surface area contributed by atoms with Crippen LogP contribution < -0.4 is 10.6 Å². The summed E-state index contributed by atoms with van der Waals surface area (Å²) in [4.78, 5) is 11.8. The molecule has 0 atom stereocenters. The van der Waals surface area contributed by atoms with Crippen molar-refractivity contribution in [2.24, 2.45) is 7.05 Å². The molecular formula is C12H20N4O2. The van der Waals surface area contributed by atoms with E-state index >= 15 is 0 Å². The number of aromatic nitrogens is 2. The van der Waals surface area contributed by atoms with Crippen LogP contribution in [0.25, 0.3) is 0 Å². The first-order chi connectivity index (χ1) is 8.41. The molecule has 1 aromatic heterocycles. The van der Waals surface area contributed by atoms with Gasteiger partial charge in [0.25, 0.3) is 0 Å². The molecule has 1 aliphatic rings. The molecule has 0 aliphatic carbocycles. The maximum Gasteiger partial charge on any atom is 0.250 e.